The minimum atomic E-state index is -0.844. The van der Waals surface area contributed by atoms with Crippen LogP contribution in [0, 0.1) is 0 Å². The molecule has 0 radical (unpaired) electrons. The molecule has 1 aromatic heterocycles. The summed E-state index contributed by atoms with van der Waals surface area (Å²) in [7, 11) is 1.28. The summed E-state index contributed by atoms with van der Waals surface area (Å²) in [4.78, 5) is 18.5. The van der Waals surface area contributed by atoms with Crippen molar-refractivity contribution in [3.63, 3.8) is 0 Å². The highest BCUT2D eigenvalue weighted by atomic mass is 16.5. The minimum absolute atomic E-state index is 0.407. The monoisotopic (exact) mass is 167 g/mol. The molecule has 0 aliphatic heterocycles. The zero-order chi connectivity index (χ0) is 8.97. The molecule has 0 aliphatic carbocycles. The quantitative estimate of drug-likeness (QED) is 0.609. The Morgan fingerprint density at radius 2 is 2.42 bits per heavy atom. The molecule has 64 valence electrons. The number of hydrogen-bond acceptors (Lipinski definition) is 5. The van der Waals surface area contributed by atoms with E-state index in [0.717, 1.165) is 0 Å². The number of esters is 1. The van der Waals surface area contributed by atoms with Crippen molar-refractivity contribution < 1.29 is 9.53 Å². The zero-order valence-electron chi connectivity index (χ0n) is 6.60. The Morgan fingerprint density at radius 3 is 2.92 bits per heavy atom. The maximum absolute atomic E-state index is 10.9. The number of nitrogens with two attached hydrogens (primary N) is 1. The Labute approximate surface area is 69.6 Å². The van der Waals surface area contributed by atoms with Crippen molar-refractivity contribution in [2.75, 3.05) is 7.11 Å². The second kappa shape index (κ2) is 3.77. The average Bonchev–Trinajstić information content (AvgIpc) is 2.17. The summed E-state index contributed by atoms with van der Waals surface area (Å²) >= 11 is 0. The Bertz CT molecular complexity index is 263. The van der Waals surface area contributed by atoms with Gasteiger partial charge in [-0.3, -0.25) is 9.97 Å². The molecule has 0 aromatic carbocycles. The van der Waals surface area contributed by atoms with E-state index in [9.17, 15) is 4.79 Å². The fourth-order valence-electron chi connectivity index (χ4n) is 0.719. The summed E-state index contributed by atoms with van der Waals surface area (Å²) in [5.74, 6) is -0.518. The molecule has 5 heteroatoms. The highest BCUT2D eigenvalue weighted by molar-refractivity contribution is 5.76. The summed E-state index contributed by atoms with van der Waals surface area (Å²) in [6.45, 7) is 0. The second-order valence-electron chi connectivity index (χ2n) is 2.13. The SMILES string of the molecule is COC(=O)C(N)c1cnccn1. The van der Waals surface area contributed by atoms with Crippen molar-refractivity contribution in [3.05, 3.63) is 24.3 Å². The van der Waals surface area contributed by atoms with Crippen molar-refractivity contribution in [2.24, 2.45) is 5.73 Å². The number of carbonyl (C=O) groups is 1. The summed E-state index contributed by atoms with van der Waals surface area (Å²) < 4.78 is 4.43. The molecule has 0 fully saturated rings. The lowest BCUT2D eigenvalue weighted by Gasteiger charge is -2.06. The first kappa shape index (κ1) is 8.61. The van der Waals surface area contributed by atoms with Gasteiger partial charge in [0, 0.05) is 12.4 Å². The summed E-state index contributed by atoms with van der Waals surface area (Å²) in [5, 5.41) is 0. The number of rotatable bonds is 2. The van der Waals surface area contributed by atoms with Crippen LogP contribution < -0.4 is 5.73 Å². The van der Waals surface area contributed by atoms with Crippen LogP contribution in [0.25, 0.3) is 0 Å². The number of hydrogen-bond donors (Lipinski definition) is 1. The normalized spacial score (nSPS) is 12.2. The van der Waals surface area contributed by atoms with Gasteiger partial charge in [-0.2, -0.15) is 0 Å². The van der Waals surface area contributed by atoms with E-state index in [2.05, 4.69) is 14.7 Å². The number of nitrogens with zero attached hydrogens (tertiary/aromatic N) is 2. The maximum atomic E-state index is 10.9. The standard InChI is InChI=1S/C7H9N3O2/c1-12-7(11)6(8)5-4-9-2-3-10-5/h2-4,6H,8H2,1H3. The molecule has 12 heavy (non-hydrogen) atoms. The third-order valence-electron chi connectivity index (χ3n) is 1.36. The smallest absolute Gasteiger partial charge is 0.328 e. The first-order valence-electron chi connectivity index (χ1n) is 3.35. The molecule has 1 atom stereocenters. The van der Waals surface area contributed by atoms with Gasteiger partial charge in [-0.25, -0.2) is 4.79 Å². The van der Waals surface area contributed by atoms with Gasteiger partial charge >= 0.3 is 5.97 Å². The molecule has 1 rings (SSSR count). The van der Waals surface area contributed by atoms with Crippen LogP contribution in [0.2, 0.25) is 0 Å². The number of ether oxygens (including phenoxy) is 1. The third kappa shape index (κ3) is 1.76. The van der Waals surface area contributed by atoms with E-state index >= 15 is 0 Å². The molecular weight excluding hydrogens is 158 g/mol. The van der Waals surface area contributed by atoms with Crippen LogP contribution in [-0.4, -0.2) is 23.0 Å². The van der Waals surface area contributed by atoms with Gasteiger partial charge < -0.3 is 10.5 Å². The van der Waals surface area contributed by atoms with E-state index in [0.29, 0.717) is 5.69 Å². The van der Waals surface area contributed by atoms with Crippen molar-refractivity contribution in [3.8, 4) is 0 Å². The van der Waals surface area contributed by atoms with E-state index in [1.807, 2.05) is 0 Å². The second-order valence-corrected chi connectivity index (χ2v) is 2.13. The predicted molar refractivity (Wildman–Crippen MR) is 41.0 cm³/mol. The zero-order valence-corrected chi connectivity index (χ0v) is 6.60. The highest BCUT2D eigenvalue weighted by Gasteiger charge is 2.16. The van der Waals surface area contributed by atoms with Crippen LogP contribution in [0.1, 0.15) is 11.7 Å². The van der Waals surface area contributed by atoms with Gasteiger partial charge in [-0.05, 0) is 0 Å². The lowest BCUT2D eigenvalue weighted by molar-refractivity contribution is -0.142. The lowest BCUT2D eigenvalue weighted by Crippen LogP contribution is -2.23. The van der Waals surface area contributed by atoms with Gasteiger partial charge in [0.05, 0.1) is 19.0 Å². The van der Waals surface area contributed by atoms with E-state index in [-0.39, 0.29) is 0 Å². The molecule has 1 unspecified atom stereocenters. The number of carbonyl (C=O) groups excluding carboxylic acids is 1. The molecule has 1 heterocycles. The van der Waals surface area contributed by atoms with Gasteiger partial charge in [0.25, 0.3) is 0 Å². The highest BCUT2D eigenvalue weighted by Crippen LogP contribution is 2.05. The largest absolute Gasteiger partial charge is 0.468 e. The third-order valence-corrected chi connectivity index (χ3v) is 1.36. The summed E-state index contributed by atoms with van der Waals surface area (Å²) in [6, 6.07) is -0.844. The predicted octanol–water partition coefficient (Wildman–Crippen LogP) is -0.351. The molecule has 0 aliphatic rings. The lowest BCUT2D eigenvalue weighted by atomic mass is 10.2. The number of methoxy groups -OCH3 is 1. The van der Waals surface area contributed by atoms with Crippen LogP contribution in [0.15, 0.2) is 18.6 Å². The Kier molecular flexibility index (Phi) is 2.71. The first-order valence-corrected chi connectivity index (χ1v) is 3.35. The fourth-order valence-corrected chi connectivity index (χ4v) is 0.719. The van der Waals surface area contributed by atoms with Crippen molar-refractivity contribution in [1.82, 2.24) is 9.97 Å². The van der Waals surface area contributed by atoms with E-state index in [1.165, 1.54) is 25.7 Å². The molecule has 0 saturated carbocycles. The van der Waals surface area contributed by atoms with Crippen molar-refractivity contribution in [1.29, 1.82) is 0 Å². The van der Waals surface area contributed by atoms with Gasteiger partial charge in [0.1, 0.15) is 6.04 Å². The number of aromatic nitrogens is 2. The van der Waals surface area contributed by atoms with Gasteiger partial charge in [0.2, 0.25) is 0 Å². The van der Waals surface area contributed by atoms with E-state index < -0.39 is 12.0 Å². The Balaban J connectivity index is 2.78. The van der Waals surface area contributed by atoms with Crippen LogP contribution in [-0.2, 0) is 9.53 Å². The van der Waals surface area contributed by atoms with Crippen LogP contribution in [0.3, 0.4) is 0 Å². The molecule has 0 bridgehead atoms. The average molecular weight is 167 g/mol. The molecule has 0 spiro atoms. The molecule has 5 nitrogen and oxygen atoms in total. The first-order chi connectivity index (χ1) is 5.75. The fraction of sp³-hybridized carbons (Fsp3) is 0.286. The Hall–Kier alpha value is -1.49. The Morgan fingerprint density at radius 1 is 1.67 bits per heavy atom. The maximum Gasteiger partial charge on any atom is 0.328 e. The van der Waals surface area contributed by atoms with Crippen LogP contribution >= 0.6 is 0 Å². The van der Waals surface area contributed by atoms with Crippen molar-refractivity contribution >= 4 is 5.97 Å². The van der Waals surface area contributed by atoms with Crippen LogP contribution in [0.4, 0.5) is 0 Å². The summed E-state index contributed by atoms with van der Waals surface area (Å²) in [5.41, 5.74) is 5.88. The van der Waals surface area contributed by atoms with Crippen LogP contribution in [0.5, 0.6) is 0 Å². The van der Waals surface area contributed by atoms with Gasteiger partial charge in [0.15, 0.2) is 0 Å². The molecule has 2 N–H and O–H groups in total. The summed E-state index contributed by atoms with van der Waals surface area (Å²) in [6.07, 6.45) is 4.41. The molecular formula is C7H9N3O2. The van der Waals surface area contributed by atoms with Crippen molar-refractivity contribution in [2.45, 2.75) is 6.04 Å². The molecule has 0 amide bonds. The molecule has 1 aromatic rings. The minimum Gasteiger partial charge on any atom is -0.468 e. The van der Waals surface area contributed by atoms with E-state index in [1.54, 1.807) is 0 Å². The van der Waals surface area contributed by atoms with Gasteiger partial charge in [-0.15, -0.1) is 0 Å². The van der Waals surface area contributed by atoms with Gasteiger partial charge in [-0.1, -0.05) is 0 Å². The van der Waals surface area contributed by atoms with E-state index in [4.69, 9.17) is 5.73 Å². The topological polar surface area (TPSA) is 78.1 Å². The molecule has 0 saturated heterocycles.